The lowest BCUT2D eigenvalue weighted by Gasteiger charge is -2.25. The first-order valence-electron chi connectivity index (χ1n) is 13.7. The maximum Gasteiger partial charge on any atom is 0.222 e. The first-order chi connectivity index (χ1) is 16.8. The van der Waals surface area contributed by atoms with Gasteiger partial charge in [-0.15, -0.1) is 0 Å². The molecule has 0 aromatic heterocycles. The van der Waals surface area contributed by atoms with E-state index in [4.69, 9.17) is 9.47 Å². The number of nitrogens with zero attached hydrogens (tertiary/aromatic N) is 1. The fourth-order valence-electron chi connectivity index (χ4n) is 4.11. The summed E-state index contributed by atoms with van der Waals surface area (Å²) in [5.74, 6) is 1.63. The highest BCUT2D eigenvalue weighted by atomic mass is 33.1. The number of unbranched alkanes of at least 4 members (excludes halogenated alkanes) is 1. The standard InChI is InChI=1S/C28H51NO5S2/c1-20(2)26(31)14-16-35-36-28(7,8)15-13-24(30)11-9-10-12-27(32)29-18-25(34-22(5)6)17-23(29)19-33-21(3)4/h20-23,25H,9-19H2,1-8H3/t23-,25+/m0/s1. The van der Waals surface area contributed by atoms with Crippen molar-refractivity contribution in [2.75, 3.05) is 18.9 Å². The highest BCUT2D eigenvalue weighted by Crippen LogP contribution is 2.39. The molecule has 1 rings (SSSR count). The molecule has 0 N–H and O–H groups in total. The minimum Gasteiger partial charge on any atom is -0.377 e. The molecule has 2 atom stereocenters. The van der Waals surface area contributed by atoms with E-state index in [0.29, 0.717) is 44.6 Å². The number of rotatable bonds is 19. The molecule has 36 heavy (non-hydrogen) atoms. The van der Waals surface area contributed by atoms with Crippen LogP contribution in [-0.2, 0) is 23.9 Å². The largest absolute Gasteiger partial charge is 0.377 e. The van der Waals surface area contributed by atoms with Gasteiger partial charge in [-0.2, -0.15) is 0 Å². The Morgan fingerprint density at radius 3 is 2.22 bits per heavy atom. The first-order valence-corrected chi connectivity index (χ1v) is 16.0. The average Bonchev–Trinajstić information content (AvgIpc) is 3.18. The highest BCUT2D eigenvalue weighted by Gasteiger charge is 2.36. The molecule has 0 saturated carbocycles. The second-order valence-electron chi connectivity index (χ2n) is 11.4. The van der Waals surface area contributed by atoms with Crippen LogP contribution in [0.4, 0.5) is 0 Å². The second-order valence-corrected chi connectivity index (χ2v) is 14.5. The fourth-order valence-corrected chi connectivity index (χ4v) is 6.68. The normalized spacial score (nSPS) is 18.6. The van der Waals surface area contributed by atoms with E-state index < -0.39 is 0 Å². The minimum atomic E-state index is -0.00537. The lowest BCUT2D eigenvalue weighted by molar-refractivity contribution is -0.134. The van der Waals surface area contributed by atoms with Crippen LogP contribution in [0.3, 0.4) is 0 Å². The zero-order valence-electron chi connectivity index (χ0n) is 24.0. The number of amides is 1. The van der Waals surface area contributed by atoms with E-state index in [2.05, 4.69) is 13.8 Å². The molecule has 0 spiro atoms. The molecule has 1 aliphatic heterocycles. The summed E-state index contributed by atoms with van der Waals surface area (Å²) in [5.41, 5.74) is 0. The van der Waals surface area contributed by atoms with Crippen LogP contribution in [-0.4, -0.2) is 70.4 Å². The van der Waals surface area contributed by atoms with Crippen LogP contribution in [0.15, 0.2) is 0 Å². The smallest absolute Gasteiger partial charge is 0.222 e. The number of carbonyl (C=O) groups excluding carboxylic acids is 3. The minimum absolute atomic E-state index is 0.00537. The van der Waals surface area contributed by atoms with Gasteiger partial charge in [0.25, 0.3) is 0 Å². The van der Waals surface area contributed by atoms with Crippen LogP contribution in [0.1, 0.15) is 107 Å². The molecule has 0 aromatic carbocycles. The van der Waals surface area contributed by atoms with Gasteiger partial charge in [0.1, 0.15) is 11.6 Å². The molecular formula is C28H51NO5S2. The summed E-state index contributed by atoms with van der Waals surface area (Å²) in [4.78, 5) is 39.1. The summed E-state index contributed by atoms with van der Waals surface area (Å²) in [6.45, 7) is 17.4. The summed E-state index contributed by atoms with van der Waals surface area (Å²) in [6, 6.07) is 0.0615. The predicted molar refractivity (Wildman–Crippen MR) is 153 cm³/mol. The Kier molecular flexibility index (Phi) is 15.9. The molecule has 1 heterocycles. The van der Waals surface area contributed by atoms with Gasteiger partial charge in [-0.1, -0.05) is 35.4 Å². The van der Waals surface area contributed by atoms with Gasteiger partial charge >= 0.3 is 0 Å². The Morgan fingerprint density at radius 1 is 0.944 bits per heavy atom. The molecule has 1 amide bonds. The molecule has 210 valence electrons. The lowest BCUT2D eigenvalue weighted by Crippen LogP contribution is -2.39. The lowest BCUT2D eigenvalue weighted by atomic mass is 10.0. The van der Waals surface area contributed by atoms with Gasteiger partial charge in [-0.05, 0) is 67.2 Å². The fraction of sp³-hybridized carbons (Fsp3) is 0.893. The summed E-state index contributed by atoms with van der Waals surface area (Å²) in [7, 11) is 3.50. The monoisotopic (exact) mass is 545 g/mol. The molecule has 1 fully saturated rings. The van der Waals surface area contributed by atoms with Crippen molar-refractivity contribution in [2.24, 2.45) is 5.92 Å². The number of Topliss-reactive ketones (excluding diaryl/α,β-unsaturated/α-hetero) is 2. The third-order valence-electron chi connectivity index (χ3n) is 6.25. The number of likely N-dealkylation sites (tertiary alicyclic amines) is 1. The van der Waals surface area contributed by atoms with Crippen molar-refractivity contribution >= 4 is 39.1 Å². The quantitative estimate of drug-likeness (QED) is 0.136. The van der Waals surface area contributed by atoms with E-state index in [9.17, 15) is 14.4 Å². The number of hydrogen-bond acceptors (Lipinski definition) is 7. The van der Waals surface area contributed by atoms with Crippen molar-refractivity contribution in [1.29, 1.82) is 0 Å². The van der Waals surface area contributed by atoms with Crippen molar-refractivity contribution < 1.29 is 23.9 Å². The molecular weight excluding hydrogens is 494 g/mol. The van der Waals surface area contributed by atoms with Gasteiger partial charge < -0.3 is 14.4 Å². The molecule has 0 unspecified atom stereocenters. The van der Waals surface area contributed by atoms with Gasteiger partial charge in [-0.25, -0.2) is 0 Å². The third kappa shape index (κ3) is 14.4. The van der Waals surface area contributed by atoms with Crippen molar-refractivity contribution in [3.8, 4) is 0 Å². The van der Waals surface area contributed by atoms with Crippen LogP contribution in [0.5, 0.6) is 0 Å². The molecule has 0 aliphatic carbocycles. The predicted octanol–water partition coefficient (Wildman–Crippen LogP) is 6.49. The SMILES string of the molecule is CC(C)OC[C@@H]1C[C@@H](OC(C)C)CN1C(=O)CCCCC(=O)CCC(C)(C)SSCCC(=O)C(C)C. The van der Waals surface area contributed by atoms with Gasteiger partial charge in [-0.3, -0.25) is 14.4 Å². The molecule has 0 aromatic rings. The highest BCUT2D eigenvalue weighted by molar-refractivity contribution is 8.77. The van der Waals surface area contributed by atoms with E-state index in [1.165, 1.54) is 0 Å². The number of ketones is 2. The van der Waals surface area contributed by atoms with Crippen molar-refractivity contribution in [2.45, 2.75) is 136 Å². The Bertz CT molecular complexity index is 681. The van der Waals surface area contributed by atoms with E-state index in [1.54, 1.807) is 21.6 Å². The number of hydrogen-bond donors (Lipinski definition) is 0. The summed E-state index contributed by atoms with van der Waals surface area (Å²) >= 11 is 0. The second kappa shape index (κ2) is 17.1. The average molecular weight is 546 g/mol. The maximum atomic E-state index is 12.9. The molecule has 8 heteroatoms. The Morgan fingerprint density at radius 2 is 1.61 bits per heavy atom. The van der Waals surface area contributed by atoms with Crippen LogP contribution < -0.4 is 0 Å². The van der Waals surface area contributed by atoms with Gasteiger partial charge in [0.2, 0.25) is 5.91 Å². The third-order valence-corrected chi connectivity index (χ3v) is 9.60. The van der Waals surface area contributed by atoms with E-state index >= 15 is 0 Å². The van der Waals surface area contributed by atoms with Crippen molar-refractivity contribution in [3.63, 3.8) is 0 Å². The zero-order valence-corrected chi connectivity index (χ0v) is 25.6. The van der Waals surface area contributed by atoms with Crippen LogP contribution in [0.25, 0.3) is 0 Å². The van der Waals surface area contributed by atoms with E-state index in [1.807, 2.05) is 46.4 Å². The maximum absolute atomic E-state index is 12.9. The van der Waals surface area contributed by atoms with E-state index in [-0.39, 0.29) is 46.7 Å². The zero-order chi connectivity index (χ0) is 27.3. The Balaban J connectivity index is 2.31. The van der Waals surface area contributed by atoms with Gasteiger partial charge in [0, 0.05) is 48.6 Å². The molecule has 0 bridgehead atoms. The topological polar surface area (TPSA) is 72.9 Å². The molecule has 1 aliphatic rings. The first kappa shape index (κ1) is 33.5. The molecule has 6 nitrogen and oxygen atoms in total. The van der Waals surface area contributed by atoms with Crippen LogP contribution in [0, 0.1) is 5.92 Å². The Hall–Kier alpha value is -0.570. The Labute approximate surface area is 228 Å². The van der Waals surface area contributed by atoms with Crippen molar-refractivity contribution in [1.82, 2.24) is 4.90 Å². The summed E-state index contributed by atoms with van der Waals surface area (Å²) < 4.78 is 11.8. The summed E-state index contributed by atoms with van der Waals surface area (Å²) in [5, 5.41) is 0. The number of carbonyl (C=O) groups is 3. The van der Waals surface area contributed by atoms with Crippen LogP contribution >= 0.6 is 21.6 Å². The van der Waals surface area contributed by atoms with E-state index in [0.717, 1.165) is 31.4 Å². The molecule has 0 radical (unpaired) electrons. The summed E-state index contributed by atoms with van der Waals surface area (Å²) in [6.07, 6.45) is 5.61. The molecule has 1 saturated heterocycles. The van der Waals surface area contributed by atoms with Crippen LogP contribution in [0.2, 0.25) is 0 Å². The van der Waals surface area contributed by atoms with Crippen molar-refractivity contribution in [3.05, 3.63) is 0 Å². The van der Waals surface area contributed by atoms with Gasteiger partial charge in [0.15, 0.2) is 0 Å². The van der Waals surface area contributed by atoms with Gasteiger partial charge in [0.05, 0.1) is 31.0 Å². The number of ether oxygens (including phenoxy) is 2.